The third-order valence-electron chi connectivity index (χ3n) is 4.51. The van der Waals surface area contributed by atoms with Crippen molar-refractivity contribution in [2.24, 2.45) is 10.4 Å². The highest BCUT2D eigenvalue weighted by atomic mass is 19.3. The summed E-state index contributed by atoms with van der Waals surface area (Å²) in [6.07, 6.45) is 7.40. The lowest BCUT2D eigenvalue weighted by Gasteiger charge is -2.42. The molecule has 0 saturated carbocycles. The number of alkyl halides is 2. The van der Waals surface area contributed by atoms with Gasteiger partial charge < -0.3 is 10.2 Å². The van der Waals surface area contributed by atoms with E-state index in [1.165, 1.54) is 31.7 Å². The molecule has 0 aromatic carbocycles. The first-order valence-electron chi connectivity index (χ1n) is 8.24. The summed E-state index contributed by atoms with van der Waals surface area (Å²) in [4.78, 5) is 10.5. The average molecular weight is 327 g/mol. The SMILES string of the molecule is CCCC1(C)CCCN(C(=NC)NCc2nccn2C(F)F)C1. The molecule has 1 aromatic heterocycles. The number of hydrogen-bond acceptors (Lipinski definition) is 2. The molecule has 0 aliphatic carbocycles. The second kappa shape index (κ2) is 7.75. The quantitative estimate of drug-likeness (QED) is 0.667. The molecule has 23 heavy (non-hydrogen) atoms. The molecule has 1 fully saturated rings. The van der Waals surface area contributed by atoms with Crippen LogP contribution in [0.4, 0.5) is 8.78 Å². The van der Waals surface area contributed by atoms with Crippen LogP contribution in [-0.4, -0.2) is 40.5 Å². The first-order chi connectivity index (χ1) is 11.0. The van der Waals surface area contributed by atoms with Gasteiger partial charge in [0.15, 0.2) is 5.96 Å². The topological polar surface area (TPSA) is 45.4 Å². The van der Waals surface area contributed by atoms with E-state index in [0.29, 0.717) is 11.2 Å². The van der Waals surface area contributed by atoms with Gasteiger partial charge in [-0.15, -0.1) is 0 Å². The summed E-state index contributed by atoms with van der Waals surface area (Å²) < 4.78 is 26.6. The van der Waals surface area contributed by atoms with Crippen LogP contribution in [0, 0.1) is 5.41 Å². The highest BCUT2D eigenvalue weighted by Crippen LogP contribution is 2.33. The molecule has 0 amide bonds. The van der Waals surface area contributed by atoms with E-state index in [0.717, 1.165) is 30.0 Å². The molecule has 130 valence electrons. The zero-order chi connectivity index (χ0) is 16.9. The van der Waals surface area contributed by atoms with Crippen molar-refractivity contribution in [1.29, 1.82) is 0 Å². The predicted octanol–water partition coefficient (Wildman–Crippen LogP) is 3.26. The molecule has 2 rings (SSSR count). The number of aliphatic imine (C=N–C) groups is 1. The number of piperidine rings is 1. The van der Waals surface area contributed by atoms with Gasteiger partial charge in [0.05, 0.1) is 6.54 Å². The van der Waals surface area contributed by atoms with Crippen LogP contribution in [0.3, 0.4) is 0 Å². The van der Waals surface area contributed by atoms with E-state index in [2.05, 4.69) is 34.0 Å². The average Bonchev–Trinajstić information content (AvgIpc) is 2.96. The lowest BCUT2D eigenvalue weighted by Crippen LogP contribution is -2.49. The predicted molar refractivity (Wildman–Crippen MR) is 87.5 cm³/mol. The highest BCUT2D eigenvalue weighted by Gasteiger charge is 2.31. The van der Waals surface area contributed by atoms with E-state index in [1.54, 1.807) is 7.05 Å². The van der Waals surface area contributed by atoms with E-state index < -0.39 is 6.55 Å². The first-order valence-corrected chi connectivity index (χ1v) is 8.24. The minimum absolute atomic E-state index is 0.241. The minimum atomic E-state index is -2.57. The zero-order valence-electron chi connectivity index (χ0n) is 14.2. The summed E-state index contributed by atoms with van der Waals surface area (Å²) in [5.41, 5.74) is 0.298. The largest absolute Gasteiger partial charge is 0.349 e. The maximum Gasteiger partial charge on any atom is 0.319 e. The number of aromatic nitrogens is 2. The third kappa shape index (κ3) is 4.42. The zero-order valence-corrected chi connectivity index (χ0v) is 14.2. The maximum absolute atomic E-state index is 12.9. The summed E-state index contributed by atoms with van der Waals surface area (Å²) in [5, 5.41) is 3.18. The standard InChI is InChI=1S/C16H27F2N5/c1-4-6-16(2)7-5-9-22(12-16)15(19-3)21-11-13-20-8-10-23(13)14(17)18/h8,10,14H,4-7,9,11-12H2,1-3H3,(H,19,21). The molecular weight excluding hydrogens is 300 g/mol. The van der Waals surface area contributed by atoms with Crippen LogP contribution in [0.15, 0.2) is 17.4 Å². The van der Waals surface area contributed by atoms with Crippen molar-refractivity contribution in [2.45, 2.75) is 52.6 Å². The fourth-order valence-corrected chi connectivity index (χ4v) is 3.45. The number of halogens is 2. The normalized spacial score (nSPS) is 22.7. The fourth-order valence-electron chi connectivity index (χ4n) is 3.45. The van der Waals surface area contributed by atoms with Crippen LogP contribution < -0.4 is 5.32 Å². The van der Waals surface area contributed by atoms with Gasteiger partial charge in [-0.3, -0.25) is 9.56 Å². The summed E-state index contributed by atoms with van der Waals surface area (Å²) in [5.74, 6) is 1.07. The van der Waals surface area contributed by atoms with Gasteiger partial charge in [0.2, 0.25) is 0 Å². The molecule has 1 unspecified atom stereocenters. The number of rotatable bonds is 5. The summed E-state index contributed by atoms with van der Waals surface area (Å²) in [6.45, 7) is 4.09. The smallest absolute Gasteiger partial charge is 0.319 e. The Labute approximate surface area is 136 Å². The van der Waals surface area contributed by atoms with Gasteiger partial charge in [-0.1, -0.05) is 20.3 Å². The van der Waals surface area contributed by atoms with E-state index >= 15 is 0 Å². The summed E-state index contributed by atoms with van der Waals surface area (Å²) in [7, 11) is 1.73. The number of guanidine groups is 1. The minimum Gasteiger partial charge on any atom is -0.349 e. The Morgan fingerprint density at radius 1 is 1.52 bits per heavy atom. The molecule has 0 spiro atoms. The van der Waals surface area contributed by atoms with Crippen LogP contribution >= 0.6 is 0 Å². The van der Waals surface area contributed by atoms with Gasteiger partial charge in [-0.2, -0.15) is 8.78 Å². The van der Waals surface area contributed by atoms with E-state index in [-0.39, 0.29) is 6.54 Å². The molecule has 1 aliphatic heterocycles. The number of nitrogens with zero attached hydrogens (tertiary/aromatic N) is 4. The highest BCUT2D eigenvalue weighted by molar-refractivity contribution is 5.79. The van der Waals surface area contributed by atoms with Crippen molar-refractivity contribution >= 4 is 5.96 Å². The molecule has 7 heteroatoms. The van der Waals surface area contributed by atoms with Gasteiger partial charge in [-0.25, -0.2) is 4.98 Å². The second-order valence-electron chi connectivity index (χ2n) is 6.51. The molecule has 1 N–H and O–H groups in total. The van der Waals surface area contributed by atoms with Crippen LogP contribution in [0.2, 0.25) is 0 Å². The Kier molecular flexibility index (Phi) is 5.96. The molecule has 1 aliphatic rings. The molecule has 5 nitrogen and oxygen atoms in total. The summed E-state index contributed by atoms with van der Waals surface area (Å²) >= 11 is 0. The van der Waals surface area contributed by atoms with Crippen LogP contribution in [0.1, 0.15) is 51.9 Å². The van der Waals surface area contributed by atoms with E-state index in [1.807, 2.05) is 0 Å². The first kappa shape index (κ1) is 17.7. The Morgan fingerprint density at radius 2 is 2.30 bits per heavy atom. The van der Waals surface area contributed by atoms with Crippen LogP contribution in [0.25, 0.3) is 0 Å². The Bertz CT molecular complexity index is 524. The van der Waals surface area contributed by atoms with Crippen molar-refractivity contribution in [3.05, 3.63) is 18.2 Å². The van der Waals surface area contributed by atoms with Crippen LogP contribution in [-0.2, 0) is 6.54 Å². The Hall–Kier alpha value is -1.66. The monoisotopic (exact) mass is 327 g/mol. The third-order valence-corrected chi connectivity index (χ3v) is 4.51. The molecule has 0 bridgehead atoms. The van der Waals surface area contributed by atoms with Crippen molar-refractivity contribution in [2.75, 3.05) is 20.1 Å². The number of hydrogen-bond donors (Lipinski definition) is 1. The van der Waals surface area contributed by atoms with E-state index in [9.17, 15) is 8.78 Å². The van der Waals surface area contributed by atoms with Crippen molar-refractivity contribution in [3.8, 4) is 0 Å². The van der Waals surface area contributed by atoms with Gasteiger partial charge >= 0.3 is 6.55 Å². The number of likely N-dealkylation sites (tertiary alicyclic amines) is 1. The molecule has 2 heterocycles. The summed E-state index contributed by atoms with van der Waals surface area (Å²) in [6, 6.07) is 0. The fraction of sp³-hybridized carbons (Fsp3) is 0.750. The van der Waals surface area contributed by atoms with Crippen molar-refractivity contribution in [1.82, 2.24) is 19.8 Å². The van der Waals surface area contributed by atoms with Gasteiger partial charge in [0.25, 0.3) is 0 Å². The Morgan fingerprint density at radius 3 is 2.96 bits per heavy atom. The molecule has 0 radical (unpaired) electrons. The maximum atomic E-state index is 12.9. The number of nitrogens with one attached hydrogen (secondary N) is 1. The Balaban J connectivity index is 1.99. The molecular formula is C16H27F2N5. The van der Waals surface area contributed by atoms with Crippen LogP contribution in [0.5, 0.6) is 0 Å². The van der Waals surface area contributed by atoms with Gasteiger partial charge in [0.1, 0.15) is 5.82 Å². The van der Waals surface area contributed by atoms with Crippen molar-refractivity contribution < 1.29 is 8.78 Å². The van der Waals surface area contributed by atoms with Crippen molar-refractivity contribution in [3.63, 3.8) is 0 Å². The molecule has 1 atom stereocenters. The lowest BCUT2D eigenvalue weighted by atomic mass is 9.78. The van der Waals surface area contributed by atoms with Gasteiger partial charge in [0, 0.05) is 32.5 Å². The molecule has 1 saturated heterocycles. The molecule has 1 aromatic rings. The van der Waals surface area contributed by atoms with Gasteiger partial charge in [-0.05, 0) is 24.7 Å². The second-order valence-corrected chi connectivity index (χ2v) is 6.51. The number of imidazole rings is 1. The lowest BCUT2D eigenvalue weighted by molar-refractivity contribution is 0.0667. The van der Waals surface area contributed by atoms with E-state index in [4.69, 9.17) is 0 Å².